The van der Waals surface area contributed by atoms with Crippen LogP contribution in [0.25, 0.3) is 5.82 Å². The molecule has 1 amide bonds. The zero-order chi connectivity index (χ0) is 28.5. The Labute approximate surface area is 215 Å². The molecule has 1 aromatic carbocycles. The maximum absolute atomic E-state index is 13.6. The molecule has 0 aliphatic heterocycles. The SMILES string of the molecule is CC(c1ncnn1-c1ccc(C#N)cn1)N(CC[Si](C)(C)C)C(=O)c1cc(C(F)(F)F)cc(C(F)(F)F)c1. The summed E-state index contributed by atoms with van der Waals surface area (Å²) in [5, 5.41) is 13.1. The lowest BCUT2D eigenvalue weighted by molar-refractivity contribution is -0.143. The summed E-state index contributed by atoms with van der Waals surface area (Å²) in [7, 11) is -1.81. The van der Waals surface area contributed by atoms with E-state index in [2.05, 4.69) is 15.1 Å². The number of benzene rings is 1. The van der Waals surface area contributed by atoms with E-state index in [0.717, 1.165) is 0 Å². The molecular formula is C24H24F6N6OSi. The van der Waals surface area contributed by atoms with Gasteiger partial charge in [0, 0.05) is 26.4 Å². The Bertz CT molecular complexity index is 1310. The lowest BCUT2D eigenvalue weighted by Gasteiger charge is -2.31. The molecule has 0 N–H and O–H groups in total. The van der Waals surface area contributed by atoms with E-state index in [0.29, 0.717) is 23.7 Å². The molecular weight excluding hydrogens is 530 g/mol. The molecule has 1 unspecified atom stereocenters. The number of carbonyl (C=O) groups excluding carboxylic acids is 1. The number of halogens is 6. The van der Waals surface area contributed by atoms with E-state index in [9.17, 15) is 31.1 Å². The molecule has 0 fully saturated rings. The van der Waals surface area contributed by atoms with Crippen molar-refractivity contribution in [2.24, 2.45) is 0 Å². The zero-order valence-electron chi connectivity index (χ0n) is 20.9. The molecule has 202 valence electrons. The fourth-order valence-corrected chi connectivity index (χ4v) is 4.51. The molecule has 0 saturated heterocycles. The van der Waals surface area contributed by atoms with E-state index < -0.39 is 49.1 Å². The minimum absolute atomic E-state index is 0.0141. The number of alkyl halides is 6. The van der Waals surface area contributed by atoms with Crippen LogP contribution in [0, 0.1) is 11.3 Å². The summed E-state index contributed by atoms with van der Waals surface area (Å²) in [4.78, 5) is 23.1. The van der Waals surface area contributed by atoms with Crippen LogP contribution in [0.4, 0.5) is 26.3 Å². The van der Waals surface area contributed by atoms with Gasteiger partial charge in [0.05, 0.1) is 22.7 Å². The number of carbonyl (C=O) groups is 1. The van der Waals surface area contributed by atoms with Crippen LogP contribution in [0.3, 0.4) is 0 Å². The molecule has 1 atom stereocenters. The minimum Gasteiger partial charge on any atom is -0.329 e. The molecule has 0 radical (unpaired) electrons. The second-order valence-electron chi connectivity index (χ2n) is 9.83. The minimum atomic E-state index is -5.09. The van der Waals surface area contributed by atoms with E-state index in [-0.39, 0.29) is 24.3 Å². The van der Waals surface area contributed by atoms with Crippen LogP contribution >= 0.6 is 0 Å². The second-order valence-corrected chi connectivity index (χ2v) is 15.4. The monoisotopic (exact) mass is 554 g/mol. The van der Waals surface area contributed by atoms with Gasteiger partial charge in [-0.25, -0.2) is 9.97 Å². The Morgan fingerprint density at radius 2 is 1.66 bits per heavy atom. The molecule has 3 rings (SSSR count). The standard InChI is InChI=1S/C24H24F6N6OSi/c1-15(21-33-14-34-36(21)20-6-5-16(12-31)13-32-20)35(7-8-38(2,3)4)22(37)17-9-18(23(25,26)27)11-19(10-17)24(28,29)30/h5-6,9-11,13-15H,7-8H2,1-4H3. The molecule has 3 aromatic rings. The average molecular weight is 555 g/mol. The first kappa shape index (κ1) is 28.8. The fourth-order valence-electron chi connectivity index (χ4n) is 3.60. The Morgan fingerprint density at radius 1 is 1.05 bits per heavy atom. The van der Waals surface area contributed by atoms with Crippen LogP contribution in [-0.4, -0.2) is 45.2 Å². The van der Waals surface area contributed by atoms with Gasteiger partial charge in [0.1, 0.15) is 12.4 Å². The van der Waals surface area contributed by atoms with Crippen LogP contribution in [-0.2, 0) is 12.4 Å². The summed E-state index contributed by atoms with van der Waals surface area (Å²) >= 11 is 0. The Balaban J connectivity index is 2.09. The van der Waals surface area contributed by atoms with Gasteiger partial charge in [0.15, 0.2) is 11.6 Å². The van der Waals surface area contributed by atoms with Crippen molar-refractivity contribution in [3.8, 4) is 11.9 Å². The van der Waals surface area contributed by atoms with Crippen LogP contribution in [0.5, 0.6) is 0 Å². The third-order valence-electron chi connectivity index (χ3n) is 5.71. The second kappa shape index (κ2) is 10.6. The Hall–Kier alpha value is -3.73. The van der Waals surface area contributed by atoms with Crippen molar-refractivity contribution in [1.82, 2.24) is 24.6 Å². The Morgan fingerprint density at radius 3 is 2.13 bits per heavy atom. The highest BCUT2D eigenvalue weighted by Crippen LogP contribution is 2.37. The van der Waals surface area contributed by atoms with Crippen molar-refractivity contribution >= 4 is 14.0 Å². The highest BCUT2D eigenvalue weighted by molar-refractivity contribution is 6.76. The van der Waals surface area contributed by atoms with Gasteiger partial charge in [-0.2, -0.15) is 41.4 Å². The number of rotatable bonds is 7. The summed E-state index contributed by atoms with van der Waals surface area (Å²) in [6.07, 6.45) is -7.68. The summed E-state index contributed by atoms with van der Waals surface area (Å²) in [6, 6.07) is 5.40. The molecule has 38 heavy (non-hydrogen) atoms. The van der Waals surface area contributed by atoms with Crippen molar-refractivity contribution in [2.45, 2.75) is 51.0 Å². The molecule has 2 aromatic heterocycles. The summed E-state index contributed by atoms with van der Waals surface area (Å²) in [5.74, 6) is -0.553. The predicted molar refractivity (Wildman–Crippen MR) is 128 cm³/mol. The molecule has 7 nitrogen and oxygen atoms in total. The van der Waals surface area contributed by atoms with Gasteiger partial charge in [0.2, 0.25) is 0 Å². The quantitative estimate of drug-likeness (QED) is 0.260. The van der Waals surface area contributed by atoms with Gasteiger partial charge in [-0.05, 0) is 43.3 Å². The van der Waals surface area contributed by atoms with Crippen molar-refractivity contribution in [1.29, 1.82) is 5.26 Å². The van der Waals surface area contributed by atoms with Crippen molar-refractivity contribution in [3.05, 3.63) is 70.9 Å². The first-order chi connectivity index (χ1) is 17.5. The van der Waals surface area contributed by atoms with Crippen LogP contribution in [0.2, 0.25) is 25.7 Å². The number of pyridine rings is 1. The third-order valence-corrected chi connectivity index (χ3v) is 7.43. The van der Waals surface area contributed by atoms with Gasteiger partial charge in [-0.1, -0.05) is 19.6 Å². The van der Waals surface area contributed by atoms with Gasteiger partial charge in [-0.3, -0.25) is 4.79 Å². The van der Waals surface area contributed by atoms with Gasteiger partial charge < -0.3 is 4.90 Å². The highest BCUT2D eigenvalue weighted by Gasteiger charge is 2.38. The van der Waals surface area contributed by atoms with Crippen LogP contribution in [0.1, 0.15) is 45.8 Å². The number of aromatic nitrogens is 4. The lowest BCUT2D eigenvalue weighted by atomic mass is 10.0. The van der Waals surface area contributed by atoms with Gasteiger partial charge in [0.25, 0.3) is 5.91 Å². The summed E-state index contributed by atoms with van der Waals surface area (Å²) in [6.45, 7) is 7.70. The molecule has 0 saturated carbocycles. The maximum atomic E-state index is 13.6. The summed E-state index contributed by atoms with van der Waals surface area (Å²) in [5.41, 5.74) is -3.59. The number of hydrogen-bond acceptors (Lipinski definition) is 5. The van der Waals surface area contributed by atoms with Crippen molar-refractivity contribution in [3.63, 3.8) is 0 Å². The van der Waals surface area contributed by atoms with Crippen molar-refractivity contribution in [2.75, 3.05) is 6.54 Å². The van der Waals surface area contributed by atoms with Crippen LogP contribution < -0.4 is 0 Å². The van der Waals surface area contributed by atoms with Crippen LogP contribution in [0.15, 0.2) is 42.9 Å². The topological polar surface area (TPSA) is 87.7 Å². The molecule has 0 bridgehead atoms. The molecule has 0 aliphatic carbocycles. The van der Waals surface area contributed by atoms with Crippen molar-refractivity contribution < 1.29 is 31.1 Å². The number of nitrogens with zero attached hydrogens (tertiary/aromatic N) is 6. The fraction of sp³-hybridized carbons (Fsp3) is 0.375. The largest absolute Gasteiger partial charge is 0.416 e. The average Bonchev–Trinajstić information content (AvgIpc) is 3.32. The summed E-state index contributed by atoms with van der Waals surface area (Å²) < 4.78 is 82.0. The van der Waals surface area contributed by atoms with Gasteiger partial charge >= 0.3 is 12.4 Å². The van der Waals surface area contributed by atoms with E-state index in [4.69, 9.17) is 5.26 Å². The number of amides is 1. The predicted octanol–water partition coefficient (Wildman–Crippen LogP) is 6.11. The Kier molecular flexibility index (Phi) is 8.01. The highest BCUT2D eigenvalue weighted by atomic mass is 28.3. The smallest absolute Gasteiger partial charge is 0.329 e. The van der Waals surface area contributed by atoms with E-state index in [1.165, 1.54) is 34.2 Å². The molecule has 0 spiro atoms. The number of hydrogen-bond donors (Lipinski definition) is 0. The molecule has 0 aliphatic rings. The number of nitriles is 1. The van der Waals surface area contributed by atoms with E-state index in [1.54, 1.807) is 6.92 Å². The third kappa shape index (κ3) is 6.77. The molecule has 14 heteroatoms. The molecule has 2 heterocycles. The van der Waals surface area contributed by atoms with E-state index >= 15 is 0 Å². The first-order valence-corrected chi connectivity index (χ1v) is 15.1. The zero-order valence-corrected chi connectivity index (χ0v) is 21.9. The normalized spacial score (nSPS) is 13.2. The first-order valence-electron chi connectivity index (χ1n) is 11.4. The van der Waals surface area contributed by atoms with E-state index in [1.807, 2.05) is 25.7 Å². The lowest BCUT2D eigenvalue weighted by Crippen LogP contribution is -2.39. The maximum Gasteiger partial charge on any atom is 0.416 e. The van der Waals surface area contributed by atoms with Gasteiger partial charge in [-0.15, -0.1) is 0 Å².